The first-order chi connectivity index (χ1) is 9.40. The van der Waals surface area contributed by atoms with Gasteiger partial charge >= 0.3 is 0 Å². The summed E-state index contributed by atoms with van der Waals surface area (Å²) in [4.78, 5) is 24.6. The molecule has 0 atom stereocenters. The molecule has 0 aliphatic rings. The van der Waals surface area contributed by atoms with Gasteiger partial charge in [-0.2, -0.15) is 0 Å². The SMILES string of the molecule is Cc1nc(C)n(-c2ncc(NC(=O)C(C)C)cn2)c1C. The molecule has 106 valence electrons. The van der Waals surface area contributed by atoms with Gasteiger partial charge in [-0.15, -0.1) is 0 Å². The molecule has 0 aromatic carbocycles. The third-order valence-electron chi connectivity index (χ3n) is 3.14. The van der Waals surface area contributed by atoms with Crippen LogP contribution in [0.25, 0.3) is 5.95 Å². The van der Waals surface area contributed by atoms with Crippen molar-refractivity contribution in [3.8, 4) is 5.95 Å². The lowest BCUT2D eigenvalue weighted by atomic mass is 10.2. The van der Waals surface area contributed by atoms with Crippen LogP contribution in [-0.4, -0.2) is 25.4 Å². The molecule has 1 amide bonds. The first-order valence-electron chi connectivity index (χ1n) is 6.56. The molecule has 0 unspecified atom stereocenters. The summed E-state index contributed by atoms with van der Waals surface area (Å²) in [7, 11) is 0. The van der Waals surface area contributed by atoms with Crippen LogP contribution in [-0.2, 0) is 4.79 Å². The monoisotopic (exact) mass is 273 g/mol. The highest BCUT2D eigenvalue weighted by molar-refractivity contribution is 5.91. The first kappa shape index (κ1) is 14.2. The number of nitrogens with zero attached hydrogens (tertiary/aromatic N) is 4. The van der Waals surface area contributed by atoms with Crippen molar-refractivity contribution in [2.75, 3.05) is 5.32 Å². The van der Waals surface area contributed by atoms with E-state index >= 15 is 0 Å². The van der Waals surface area contributed by atoms with Crippen LogP contribution >= 0.6 is 0 Å². The fraction of sp³-hybridized carbons (Fsp3) is 0.429. The van der Waals surface area contributed by atoms with Gasteiger partial charge in [-0.1, -0.05) is 13.8 Å². The molecule has 2 rings (SSSR count). The van der Waals surface area contributed by atoms with E-state index in [0.29, 0.717) is 11.6 Å². The van der Waals surface area contributed by atoms with Gasteiger partial charge in [0.05, 0.1) is 23.8 Å². The third-order valence-corrected chi connectivity index (χ3v) is 3.14. The Morgan fingerprint density at radius 3 is 2.25 bits per heavy atom. The van der Waals surface area contributed by atoms with E-state index in [1.54, 1.807) is 12.4 Å². The van der Waals surface area contributed by atoms with Crippen LogP contribution in [0.15, 0.2) is 12.4 Å². The molecule has 6 nitrogen and oxygen atoms in total. The number of amides is 1. The highest BCUT2D eigenvalue weighted by Gasteiger charge is 2.12. The van der Waals surface area contributed by atoms with Crippen LogP contribution in [0.5, 0.6) is 0 Å². The lowest BCUT2D eigenvalue weighted by molar-refractivity contribution is -0.118. The van der Waals surface area contributed by atoms with E-state index in [0.717, 1.165) is 17.2 Å². The number of nitrogens with one attached hydrogen (secondary N) is 1. The maximum Gasteiger partial charge on any atom is 0.235 e. The first-order valence-corrected chi connectivity index (χ1v) is 6.56. The van der Waals surface area contributed by atoms with E-state index in [4.69, 9.17) is 0 Å². The van der Waals surface area contributed by atoms with Gasteiger partial charge in [0.25, 0.3) is 0 Å². The average Bonchev–Trinajstić information content (AvgIpc) is 2.64. The number of anilines is 1. The van der Waals surface area contributed by atoms with Crippen molar-refractivity contribution < 1.29 is 4.79 Å². The number of carbonyl (C=O) groups excluding carboxylic acids is 1. The van der Waals surface area contributed by atoms with Gasteiger partial charge in [-0.3, -0.25) is 9.36 Å². The second-order valence-electron chi connectivity index (χ2n) is 5.08. The molecule has 0 aliphatic carbocycles. The van der Waals surface area contributed by atoms with Crippen LogP contribution in [0, 0.1) is 26.7 Å². The fourth-order valence-electron chi connectivity index (χ4n) is 1.86. The molecule has 0 saturated heterocycles. The minimum Gasteiger partial charge on any atom is -0.323 e. The van der Waals surface area contributed by atoms with E-state index in [-0.39, 0.29) is 11.8 Å². The summed E-state index contributed by atoms with van der Waals surface area (Å²) in [5.74, 6) is 1.28. The summed E-state index contributed by atoms with van der Waals surface area (Å²) in [5.41, 5.74) is 2.57. The van der Waals surface area contributed by atoms with E-state index in [1.165, 1.54) is 0 Å². The van der Waals surface area contributed by atoms with Gasteiger partial charge < -0.3 is 5.32 Å². The summed E-state index contributed by atoms with van der Waals surface area (Å²) < 4.78 is 1.89. The molecular formula is C14H19N5O. The maximum atomic E-state index is 11.6. The highest BCUT2D eigenvalue weighted by Crippen LogP contribution is 2.15. The molecule has 0 spiro atoms. The topological polar surface area (TPSA) is 72.7 Å². The number of imidazole rings is 1. The molecule has 1 N–H and O–H groups in total. The van der Waals surface area contributed by atoms with Crippen molar-refractivity contribution in [2.24, 2.45) is 5.92 Å². The third kappa shape index (κ3) is 2.68. The van der Waals surface area contributed by atoms with Gasteiger partial charge in [0.1, 0.15) is 5.82 Å². The van der Waals surface area contributed by atoms with Crippen LogP contribution in [0.3, 0.4) is 0 Å². The quantitative estimate of drug-likeness (QED) is 0.930. The molecule has 0 radical (unpaired) electrons. The van der Waals surface area contributed by atoms with E-state index < -0.39 is 0 Å². The molecule has 20 heavy (non-hydrogen) atoms. The fourth-order valence-corrected chi connectivity index (χ4v) is 1.86. The summed E-state index contributed by atoms with van der Waals surface area (Å²) in [6.07, 6.45) is 3.22. The molecule has 0 fully saturated rings. The van der Waals surface area contributed by atoms with Gasteiger partial charge in [0.15, 0.2) is 0 Å². The van der Waals surface area contributed by atoms with Crippen molar-refractivity contribution >= 4 is 11.6 Å². The number of carbonyl (C=O) groups is 1. The van der Waals surface area contributed by atoms with Crippen molar-refractivity contribution in [1.29, 1.82) is 0 Å². The highest BCUT2D eigenvalue weighted by atomic mass is 16.1. The van der Waals surface area contributed by atoms with Gasteiger partial charge in [-0.25, -0.2) is 15.0 Å². The summed E-state index contributed by atoms with van der Waals surface area (Å²) in [5, 5.41) is 2.77. The second kappa shape index (κ2) is 5.40. The summed E-state index contributed by atoms with van der Waals surface area (Å²) >= 11 is 0. The number of hydrogen-bond acceptors (Lipinski definition) is 4. The van der Waals surface area contributed by atoms with Crippen molar-refractivity contribution in [3.05, 3.63) is 29.6 Å². The standard InChI is InChI=1S/C14H19N5O/c1-8(2)13(20)18-12-6-15-14(16-7-12)19-10(4)9(3)17-11(19)5/h6-8H,1-5H3,(H,18,20). The number of aryl methyl sites for hydroxylation is 2. The normalized spacial score (nSPS) is 10.9. The van der Waals surface area contributed by atoms with Crippen molar-refractivity contribution in [3.63, 3.8) is 0 Å². The van der Waals surface area contributed by atoms with Crippen LogP contribution in [0.4, 0.5) is 5.69 Å². The van der Waals surface area contributed by atoms with Crippen LogP contribution in [0.2, 0.25) is 0 Å². The summed E-state index contributed by atoms with van der Waals surface area (Å²) in [6, 6.07) is 0. The lowest BCUT2D eigenvalue weighted by Gasteiger charge is -2.09. The number of aromatic nitrogens is 4. The van der Waals surface area contributed by atoms with Gasteiger partial charge in [-0.05, 0) is 20.8 Å². The predicted molar refractivity (Wildman–Crippen MR) is 76.8 cm³/mol. The van der Waals surface area contributed by atoms with Crippen LogP contribution in [0.1, 0.15) is 31.1 Å². The molecule has 0 saturated carbocycles. The Morgan fingerprint density at radius 1 is 1.20 bits per heavy atom. The van der Waals surface area contributed by atoms with Gasteiger partial charge in [0, 0.05) is 11.6 Å². The predicted octanol–water partition coefficient (Wildman–Crippen LogP) is 2.18. The van der Waals surface area contributed by atoms with E-state index in [2.05, 4.69) is 20.3 Å². The molecule has 6 heteroatoms. The average molecular weight is 273 g/mol. The summed E-state index contributed by atoms with van der Waals surface area (Å²) in [6.45, 7) is 9.53. The Bertz CT molecular complexity index is 628. The lowest BCUT2D eigenvalue weighted by Crippen LogP contribution is -2.18. The molecule has 0 aliphatic heterocycles. The van der Waals surface area contributed by atoms with Crippen molar-refractivity contribution in [1.82, 2.24) is 19.5 Å². The number of hydrogen-bond donors (Lipinski definition) is 1. The van der Waals surface area contributed by atoms with E-state index in [9.17, 15) is 4.79 Å². The molecular weight excluding hydrogens is 254 g/mol. The Hall–Kier alpha value is -2.24. The zero-order chi connectivity index (χ0) is 14.9. The smallest absolute Gasteiger partial charge is 0.235 e. The molecule has 0 bridgehead atoms. The maximum absolute atomic E-state index is 11.6. The minimum absolute atomic E-state index is 0.0489. The van der Waals surface area contributed by atoms with Crippen molar-refractivity contribution in [2.45, 2.75) is 34.6 Å². The Balaban J connectivity index is 2.26. The molecule has 2 heterocycles. The van der Waals surface area contributed by atoms with Crippen LogP contribution < -0.4 is 5.32 Å². The van der Waals surface area contributed by atoms with Gasteiger partial charge in [0.2, 0.25) is 11.9 Å². The largest absolute Gasteiger partial charge is 0.323 e. The van der Waals surface area contributed by atoms with E-state index in [1.807, 2.05) is 39.2 Å². The number of rotatable bonds is 3. The molecule has 2 aromatic rings. The minimum atomic E-state index is -0.0736. The zero-order valence-electron chi connectivity index (χ0n) is 12.4. The Morgan fingerprint density at radius 2 is 1.80 bits per heavy atom. The molecule has 2 aromatic heterocycles. The Kier molecular flexibility index (Phi) is 3.83. The Labute approximate surface area is 118 Å². The zero-order valence-corrected chi connectivity index (χ0v) is 12.4. The second-order valence-corrected chi connectivity index (χ2v) is 5.08.